The fourth-order valence-electron chi connectivity index (χ4n) is 8.28. The van der Waals surface area contributed by atoms with Gasteiger partial charge in [0.1, 0.15) is 11.2 Å². The second kappa shape index (κ2) is 12.8. The maximum Gasteiger partial charge on any atom is 0.167 e. The predicted octanol–water partition coefficient (Wildman–Crippen LogP) is 14.8. The Balaban J connectivity index is 1.07. The minimum atomic E-state index is 0.569. The number of para-hydroxylation sites is 2. The van der Waals surface area contributed by atoms with Gasteiger partial charge in [0, 0.05) is 67.8 Å². The zero-order chi connectivity index (χ0) is 37.5. The Morgan fingerprint density at radius 2 is 0.842 bits per heavy atom. The molecular formula is C51H29N3OS2. The second-order valence-electron chi connectivity index (χ2n) is 14.3. The highest BCUT2D eigenvalue weighted by atomic mass is 32.1. The van der Waals surface area contributed by atoms with E-state index in [-0.39, 0.29) is 0 Å². The minimum absolute atomic E-state index is 0.569. The fourth-order valence-corrected chi connectivity index (χ4v) is 10.6. The number of hydrogen-bond acceptors (Lipinski definition) is 6. The number of thiophene rings is 2. The van der Waals surface area contributed by atoms with Crippen LogP contribution in [0.1, 0.15) is 0 Å². The van der Waals surface area contributed by atoms with Crippen molar-refractivity contribution < 1.29 is 4.42 Å². The van der Waals surface area contributed by atoms with E-state index >= 15 is 0 Å². The predicted molar refractivity (Wildman–Crippen MR) is 240 cm³/mol. The van der Waals surface area contributed by atoms with Crippen molar-refractivity contribution in [2.24, 2.45) is 0 Å². The van der Waals surface area contributed by atoms with Gasteiger partial charge in [0.05, 0.1) is 5.56 Å². The molecule has 0 saturated heterocycles. The molecule has 0 N–H and O–H groups in total. The first-order valence-electron chi connectivity index (χ1n) is 18.9. The van der Waals surface area contributed by atoms with Gasteiger partial charge in [-0.05, 0) is 53.1 Å². The van der Waals surface area contributed by atoms with Crippen molar-refractivity contribution in [1.82, 2.24) is 15.0 Å². The normalized spacial score (nSPS) is 11.9. The largest absolute Gasteiger partial charge is 0.455 e. The summed E-state index contributed by atoms with van der Waals surface area (Å²) in [5.74, 6) is 1.80. The number of hydrogen-bond donors (Lipinski definition) is 0. The Hall–Kier alpha value is -6.99. The number of furan rings is 1. The molecule has 6 heteroatoms. The maximum absolute atomic E-state index is 7.03. The van der Waals surface area contributed by atoms with Gasteiger partial charge in [-0.25, -0.2) is 15.0 Å². The quantitative estimate of drug-likeness (QED) is 0.175. The van der Waals surface area contributed by atoms with Crippen LogP contribution in [0.15, 0.2) is 180 Å². The van der Waals surface area contributed by atoms with E-state index in [0.29, 0.717) is 17.5 Å². The molecule has 0 saturated carbocycles. The average Bonchev–Trinajstić information content (AvgIpc) is 3.97. The van der Waals surface area contributed by atoms with E-state index in [1.807, 2.05) is 83.3 Å². The Morgan fingerprint density at radius 1 is 0.316 bits per heavy atom. The Morgan fingerprint density at radius 3 is 1.56 bits per heavy atom. The smallest absolute Gasteiger partial charge is 0.167 e. The van der Waals surface area contributed by atoms with Gasteiger partial charge in [0.15, 0.2) is 17.5 Å². The lowest BCUT2D eigenvalue weighted by atomic mass is 9.93. The molecular weight excluding hydrogens is 735 g/mol. The lowest BCUT2D eigenvalue weighted by molar-refractivity contribution is 0.670. The number of nitrogens with zero attached hydrogens (tertiary/aromatic N) is 3. The third-order valence-electron chi connectivity index (χ3n) is 10.9. The van der Waals surface area contributed by atoms with Crippen LogP contribution in [-0.4, -0.2) is 15.0 Å². The third kappa shape index (κ3) is 5.22. The molecule has 0 aliphatic heterocycles. The van der Waals surface area contributed by atoms with Crippen LogP contribution in [0.4, 0.5) is 0 Å². The van der Waals surface area contributed by atoms with Crippen LogP contribution < -0.4 is 0 Å². The van der Waals surface area contributed by atoms with Crippen molar-refractivity contribution in [3.63, 3.8) is 0 Å². The molecule has 4 heterocycles. The SMILES string of the molecule is c1ccc(-c2nc(-c3ccccc3)nc(-c3cccc4c3oc3c(-c5cc(-c6ccc7c(c6)sc6ccccc67)c6c(c5)sc5ccccc56)cccc34)n2)cc1. The van der Waals surface area contributed by atoms with Gasteiger partial charge in [-0.2, -0.15) is 0 Å². The molecule has 0 radical (unpaired) electrons. The van der Waals surface area contributed by atoms with Crippen molar-refractivity contribution in [1.29, 1.82) is 0 Å². The number of rotatable bonds is 5. The second-order valence-corrected chi connectivity index (χ2v) is 16.5. The molecule has 0 aliphatic rings. The summed E-state index contributed by atoms with van der Waals surface area (Å²) in [5.41, 5.74) is 8.86. The maximum atomic E-state index is 7.03. The Bertz CT molecular complexity index is 3470. The Kier molecular flexibility index (Phi) is 7.24. The molecule has 0 fully saturated rings. The van der Waals surface area contributed by atoms with Crippen LogP contribution in [0.5, 0.6) is 0 Å². The van der Waals surface area contributed by atoms with Crippen LogP contribution in [0.2, 0.25) is 0 Å². The lowest BCUT2D eigenvalue weighted by Gasteiger charge is -2.10. The van der Waals surface area contributed by atoms with Crippen LogP contribution in [0.25, 0.3) is 119 Å². The Labute approximate surface area is 335 Å². The van der Waals surface area contributed by atoms with Gasteiger partial charge in [-0.3, -0.25) is 0 Å². The molecule has 266 valence electrons. The summed E-state index contributed by atoms with van der Waals surface area (Å²) in [6, 6.07) is 62.0. The van der Waals surface area contributed by atoms with E-state index in [0.717, 1.165) is 49.8 Å². The molecule has 8 aromatic carbocycles. The summed E-state index contributed by atoms with van der Waals surface area (Å²) < 4.78 is 12.2. The summed E-state index contributed by atoms with van der Waals surface area (Å²) in [4.78, 5) is 15.0. The summed E-state index contributed by atoms with van der Waals surface area (Å²) in [5, 5.41) is 7.25. The van der Waals surface area contributed by atoms with Crippen LogP contribution in [-0.2, 0) is 0 Å². The molecule has 0 amide bonds. The zero-order valence-corrected chi connectivity index (χ0v) is 31.9. The highest BCUT2D eigenvalue weighted by Gasteiger charge is 2.21. The molecule has 12 aromatic rings. The van der Waals surface area contributed by atoms with Gasteiger partial charge in [0.2, 0.25) is 0 Å². The van der Waals surface area contributed by atoms with Crippen molar-refractivity contribution >= 4 is 85.0 Å². The van der Waals surface area contributed by atoms with Gasteiger partial charge >= 0.3 is 0 Å². The van der Waals surface area contributed by atoms with E-state index in [9.17, 15) is 0 Å². The number of fused-ring (bicyclic) bond motifs is 9. The summed E-state index contributed by atoms with van der Waals surface area (Å²) in [7, 11) is 0. The summed E-state index contributed by atoms with van der Waals surface area (Å²) in [6.45, 7) is 0. The molecule has 57 heavy (non-hydrogen) atoms. The monoisotopic (exact) mass is 763 g/mol. The van der Waals surface area contributed by atoms with Gasteiger partial charge < -0.3 is 4.42 Å². The number of benzene rings is 8. The van der Waals surface area contributed by atoms with Gasteiger partial charge in [-0.15, -0.1) is 22.7 Å². The van der Waals surface area contributed by atoms with Crippen LogP contribution in [0.3, 0.4) is 0 Å². The van der Waals surface area contributed by atoms with Crippen LogP contribution >= 0.6 is 22.7 Å². The third-order valence-corrected chi connectivity index (χ3v) is 13.2. The van der Waals surface area contributed by atoms with Crippen molar-refractivity contribution in [3.05, 3.63) is 176 Å². The fraction of sp³-hybridized carbons (Fsp3) is 0. The first-order chi connectivity index (χ1) is 28.2. The molecule has 0 spiro atoms. The summed E-state index contributed by atoms with van der Waals surface area (Å²) >= 11 is 3.70. The van der Waals surface area contributed by atoms with Crippen LogP contribution in [0, 0.1) is 0 Å². The molecule has 0 unspecified atom stereocenters. The van der Waals surface area contributed by atoms with E-state index in [2.05, 4.69) is 115 Å². The van der Waals surface area contributed by atoms with E-state index in [1.165, 1.54) is 51.5 Å². The van der Waals surface area contributed by atoms with Gasteiger partial charge in [-0.1, -0.05) is 140 Å². The highest BCUT2D eigenvalue weighted by molar-refractivity contribution is 7.26. The number of aromatic nitrogens is 3. The first-order valence-corrected chi connectivity index (χ1v) is 20.6. The van der Waals surface area contributed by atoms with Crippen molar-refractivity contribution in [2.45, 2.75) is 0 Å². The standard InChI is InChI=1S/C51H29N3OS2/c1-3-13-30(14-4-1)49-52-50(31-15-5-2-6-16-31)54-51(53-49)40-22-12-21-38-37-20-11-19-34(47(37)55-48(38)40)33-27-41(46-39-18-8-10-24-43(39)57-45(46)29-33)32-25-26-36-35-17-7-9-23-42(35)56-44(36)28-32/h1-29H. The molecule has 4 nitrogen and oxygen atoms in total. The molecule has 4 aromatic heterocycles. The molecule has 0 bridgehead atoms. The van der Waals surface area contributed by atoms with Crippen molar-refractivity contribution in [3.8, 4) is 56.4 Å². The first kappa shape index (κ1) is 32.3. The summed E-state index contributed by atoms with van der Waals surface area (Å²) in [6.07, 6.45) is 0. The van der Waals surface area contributed by atoms with E-state index in [1.54, 1.807) is 0 Å². The van der Waals surface area contributed by atoms with Gasteiger partial charge in [0.25, 0.3) is 0 Å². The van der Waals surface area contributed by atoms with E-state index < -0.39 is 0 Å². The highest BCUT2D eigenvalue weighted by Crippen LogP contribution is 2.46. The lowest BCUT2D eigenvalue weighted by Crippen LogP contribution is -2.00. The van der Waals surface area contributed by atoms with E-state index in [4.69, 9.17) is 19.4 Å². The molecule has 0 atom stereocenters. The molecule has 0 aliphatic carbocycles. The molecule has 12 rings (SSSR count). The van der Waals surface area contributed by atoms with Crippen molar-refractivity contribution in [2.75, 3.05) is 0 Å². The average molecular weight is 764 g/mol. The minimum Gasteiger partial charge on any atom is -0.455 e. The zero-order valence-electron chi connectivity index (χ0n) is 30.3. The topological polar surface area (TPSA) is 51.8 Å².